The van der Waals surface area contributed by atoms with Gasteiger partial charge in [0.25, 0.3) is 5.91 Å². The minimum atomic E-state index is -3.46. The van der Waals surface area contributed by atoms with Crippen LogP contribution in [0.2, 0.25) is 0 Å². The zero-order chi connectivity index (χ0) is 21.7. The molecule has 0 unspecified atom stereocenters. The maximum absolute atomic E-state index is 12.7. The number of amides is 1. The minimum Gasteiger partial charge on any atom is -0.490 e. The van der Waals surface area contributed by atoms with E-state index in [1.165, 1.54) is 7.05 Å². The number of carbonyl (C=O) groups excluding carboxylic acids is 1. The normalized spacial score (nSPS) is 15.6. The Kier molecular flexibility index (Phi) is 6.99. The number of likely N-dealkylation sites (tertiary alicyclic amines) is 1. The molecule has 0 bridgehead atoms. The van der Waals surface area contributed by atoms with Gasteiger partial charge in [0.15, 0.2) is 0 Å². The van der Waals surface area contributed by atoms with Gasteiger partial charge in [-0.05, 0) is 49.7 Å². The summed E-state index contributed by atoms with van der Waals surface area (Å²) in [5.74, 6) is 0.507. The zero-order valence-corrected chi connectivity index (χ0v) is 18.5. The van der Waals surface area contributed by atoms with Crippen LogP contribution in [-0.4, -0.2) is 58.8 Å². The van der Waals surface area contributed by atoms with Gasteiger partial charge in [-0.1, -0.05) is 24.3 Å². The summed E-state index contributed by atoms with van der Waals surface area (Å²) in [6.07, 6.45) is 3.40. The number of nitrogens with zero attached hydrogens (tertiary/aromatic N) is 2. The van der Waals surface area contributed by atoms with Gasteiger partial charge in [-0.15, -0.1) is 0 Å². The minimum absolute atomic E-state index is 0.245. The fraction of sp³-hybridized carbons (Fsp3) is 0.409. The molecule has 0 radical (unpaired) electrons. The average Bonchev–Trinajstić information content (AvgIpc) is 2.73. The highest BCUT2D eigenvalue weighted by Crippen LogP contribution is 2.22. The molecule has 0 aromatic heterocycles. The standard InChI is InChI=1S/C22H29N3O4S/c1-24-14-12-19(13-15-24)29-18-10-8-17(9-11-18)16-23-22(26)20-6-4-5-7-21(20)25(2)30(3,27)28/h4-11,19H,12-16H2,1-3H3,(H,23,26). The number of sulfonamides is 1. The quantitative estimate of drug-likeness (QED) is 0.729. The van der Waals surface area contributed by atoms with Crippen LogP contribution in [0.5, 0.6) is 5.75 Å². The molecule has 1 aliphatic rings. The van der Waals surface area contributed by atoms with Crippen LogP contribution in [0.4, 0.5) is 5.69 Å². The highest BCUT2D eigenvalue weighted by Gasteiger charge is 2.20. The second-order valence-corrected chi connectivity index (χ2v) is 9.71. The summed E-state index contributed by atoms with van der Waals surface area (Å²) < 4.78 is 30.9. The van der Waals surface area contributed by atoms with Crippen LogP contribution >= 0.6 is 0 Å². The third-order valence-corrected chi connectivity index (χ3v) is 6.52. The number of hydrogen-bond acceptors (Lipinski definition) is 5. The van der Waals surface area contributed by atoms with Gasteiger partial charge in [0.1, 0.15) is 11.9 Å². The number of hydrogen-bond donors (Lipinski definition) is 1. The van der Waals surface area contributed by atoms with Crippen molar-refractivity contribution in [1.29, 1.82) is 0 Å². The highest BCUT2D eigenvalue weighted by molar-refractivity contribution is 7.92. The zero-order valence-electron chi connectivity index (χ0n) is 17.7. The van der Waals surface area contributed by atoms with E-state index in [1.807, 2.05) is 24.3 Å². The van der Waals surface area contributed by atoms with Crippen LogP contribution in [-0.2, 0) is 16.6 Å². The number of carbonyl (C=O) groups is 1. The van der Waals surface area contributed by atoms with Crippen LogP contribution in [0.1, 0.15) is 28.8 Å². The van der Waals surface area contributed by atoms with E-state index in [0.29, 0.717) is 17.8 Å². The molecular formula is C22H29N3O4S. The number of nitrogens with one attached hydrogen (secondary N) is 1. The van der Waals surface area contributed by atoms with Crippen molar-refractivity contribution in [3.8, 4) is 5.75 Å². The van der Waals surface area contributed by atoms with Crippen LogP contribution in [0.25, 0.3) is 0 Å². The van der Waals surface area contributed by atoms with Crippen molar-refractivity contribution in [1.82, 2.24) is 10.2 Å². The lowest BCUT2D eigenvalue weighted by Gasteiger charge is -2.29. The summed E-state index contributed by atoms with van der Waals surface area (Å²) in [6, 6.07) is 14.4. The molecule has 1 N–H and O–H groups in total. The molecule has 0 saturated carbocycles. The number of benzene rings is 2. The number of piperidine rings is 1. The van der Waals surface area contributed by atoms with Crippen molar-refractivity contribution in [3.63, 3.8) is 0 Å². The molecule has 0 spiro atoms. The summed E-state index contributed by atoms with van der Waals surface area (Å²) in [5.41, 5.74) is 1.60. The second-order valence-electron chi connectivity index (χ2n) is 7.69. The third kappa shape index (κ3) is 5.73. The van der Waals surface area contributed by atoms with E-state index in [-0.39, 0.29) is 12.0 Å². The molecule has 162 valence electrons. The molecule has 1 heterocycles. The summed E-state index contributed by atoms with van der Waals surface area (Å²) in [5, 5.41) is 2.86. The molecule has 30 heavy (non-hydrogen) atoms. The Morgan fingerprint density at radius 1 is 1.13 bits per heavy atom. The van der Waals surface area contributed by atoms with Gasteiger partial charge >= 0.3 is 0 Å². The highest BCUT2D eigenvalue weighted by atomic mass is 32.2. The van der Waals surface area contributed by atoms with Crippen LogP contribution < -0.4 is 14.4 Å². The van der Waals surface area contributed by atoms with Gasteiger partial charge in [-0.25, -0.2) is 8.42 Å². The SMILES string of the molecule is CN1CCC(Oc2ccc(CNC(=O)c3ccccc3N(C)S(C)(=O)=O)cc2)CC1. The first-order chi connectivity index (χ1) is 14.2. The van der Waals surface area contributed by atoms with Crippen LogP contribution in [0.15, 0.2) is 48.5 Å². The van der Waals surface area contributed by atoms with Crippen LogP contribution in [0.3, 0.4) is 0 Å². The average molecular weight is 432 g/mol. The van der Waals surface area contributed by atoms with E-state index in [2.05, 4.69) is 17.3 Å². The first kappa shape index (κ1) is 22.1. The molecule has 0 atom stereocenters. The Balaban J connectivity index is 1.59. The van der Waals surface area contributed by atoms with Gasteiger partial charge < -0.3 is 15.0 Å². The van der Waals surface area contributed by atoms with E-state index < -0.39 is 10.0 Å². The van der Waals surface area contributed by atoms with Crippen molar-refractivity contribution >= 4 is 21.6 Å². The summed E-state index contributed by atoms with van der Waals surface area (Å²) in [4.78, 5) is 15.0. The maximum Gasteiger partial charge on any atom is 0.253 e. The Morgan fingerprint density at radius 2 is 1.77 bits per heavy atom. The lowest BCUT2D eigenvalue weighted by molar-refractivity contribution is 0.0951. The predicted octanol–water partition coefficient (Wildman–Crippen LogP) is 2.49. The fourth-order valence-corrected chi connectivity index (χ4v) is 3.89. The smallest absolute Gasteiger partial charge is 0.253 e. The summed E-state index contributed by atoms with van der Waals surface area (Å²) in [6.45, 7) is 2.43. The first-order valence-corrected chi connectivity index (χ1v) is 11.8. The lowest BCUT2D eigenvalue weighted by Crippen LogP contribution is -2.35. The van der Waals surface area contributed by atoms with E-state index in [0.717, 1.165) is 47.8 Å². The predicted molar refractivity (Wildman–Crippen MR) is 118 cm³/mol. The van der Waals surface area contributed by atoms with Crippen molar-refractivity contribution in [2.75, 3.05) is 37.7 Å². The number of anilines is 1. The summed E-state index contributed by atoms with van der Waals surface area (Å²) >= 11 is 0. The second kappa shape index (κ2) is 9.49. The first-order valence-electron chi connectivity index (χ1n) is 9.99. The van der Waals surface area contributed by atoms with Crippen molar-refractivity contribution in [2.45, 2.75) is 25.5 Å². The molecular weight excluding hydrogens is 402 g/mol. The topological polar surface area (TPSA) is 79.0 Å². The molecule has 0 aliphatic carbocycles. The Hall–Kier alpha value is -2.58. The Morgan fingerprint density at radius 3 is 2.40 bits per heavy atom. The molecule has 1 saturated heterocycles. The van der Waals surface area contributed by atoms with Gasteiger partial charge in [0.05, 0.1) is 17.5 Å². The number of rotatable bonds is 7. The number of para-hydroxylation sites is 1. The molecule has 2 aromatic rings. The van der Waals surface area contributed by atoms with E-state index in [4.69, 9.17) is 4.74 Å². The monoisotopic (exact) mass is 431 g/mol. The molecule has 7 nitrogen and oxygen atoms in total. The van der Waals surface area contributed by atoms with Crippen molar-refractivity contribution in [3.05, 3.63) is 59.7 Å². The van der Waals surface area contributed by atoms with E-state index in [1.54, 1.807) is 24.3 Å². The van der Waals surface area contributed by atoms with Crippen molar-refractivity contribution < 1.29 is 17.9 Å². The lowest BCUT2D eigenvalue weighted by atomic mass is 10.1. The summed E-state index contributed by atoms with van der Waals surface area (Å²) in [7, 11) is 0.0945. The molecule has 2 aromatic carbocycles. The Bertz CT molecular complexity index is 968. The number of ether oxygens (including phenoxy) is 1. The van der Waals surface area contributed by atoms with Gasteiger partial charge in [-0.2, -0.15) is 0 Å². The van der Waals surface area contributed by atoms with E-state index in [9.17, 15) is 13.2 Å². The maximum atomic E-state index is 12.7. The van der Waals surface area contributed by atoms with E-state index >= 15 is 0 Å². The molecule has 1 aliphatic heterocycles. The molecule has 1 fully saturated rings. The van der Waals surface area contributed by atoms with Gasteiger partial charge in [-0.3, -0.25) is 9.10 Å². The van der Waals surface area contributed by atoms with Gasteiger partial charge in [0.2, 0.25) is 10.0 Å². The van der Waals surface area contributed by atoms with Crippen molar-refractivity contribution in [2.24, 2.45) is 0 Å². The Labute approximate surface area is 178 Å². The molecule has 1 amide bonds. The largest absolute Gasteiger partial charge is 0.490 e. The van der Waals surface area contributed by atoms with Gasteiger partial charge in [0, 0.05) is 26.7 Å². The fourth-order valence-electron chi connectivity index (χ4n) is 3.38. The third-order valence-electron chi connectivity index (χ3n) is 5.33. The van der Waals surface area contributed by atoms with Crippen LogP contribution in [0, 0.1) is 0 Å². The molecule has 8 heteroatoms. The molecule has 3 rings (SSSR count).